The summed E-state index contributed by atoms with van der Waals surface area (Å²) in [5.41, 5.74) is 2.49. The minimum Gasteiger partial charge on any atom is -0.491 e. The Hall–Kier alpha value is -1.76. The third kappa shape index (κ3) is 3.63. The van der Waals surface area contributed by atoms with Crippen molar-refractivity contribution in [1.29, 1.82) is 0 Å². The Bertz CT molecular complexity index is 443. The fourth-order valence-electron chi connectivity index (χ4n) is 1.72. The molecule has 0 bridgehead atoms. The van der Waals surface area contributed by atoms with Crippen molar-refractivity contribution in [2.24, 2.45) is 0 Å². The normalized spacial score (nSPS) is 10.5. The van der Waals surface area contributed by atoms with Gasteiger partial charge in [0.15, 0.2) is 0 Å². The highest BCUT2D eigenvalue weighted by Gasteiger charge is 1.99. The zero-order valence-corrected chi connectivity index (χ0v) is 10.3. The van der Waals surface area contributed by atoms with E-state index in [1.54, 1.807) is 0 Å². The van der Waals surface area contributed by atoms with Gasteiger partial charge in [0.1, 0.15) is 5.75 Å². The average molecular weight is 225 g/mol. The lowest BCUT2D eigenvalue weighted by Crippen LogP contribution is -2.05. The molecular weight excluding hydrogens is 208 g/mol. The molecule has 0 heterocycles. The third-order valence-electron chi connectivity index (χ3n) is 2.46. The molecule has 0 atom stereocenters. The van der Waals surface area contributed by atoms with Crippen LogP contribution in [0.1, 0.15) is 25.0 Å². The topological polar surface area (TPSA) is 9.23 Å². The first-order valence-electron chi connectivity index (χ1n) is 5.95. The maximum atomic E-state index is 5.61. The standard InChI is InChI=1S/C16H17O/c1-13(2)17-16-10-8-15(9-11-16)12-14-6-4-3-5-7-14/h3-6,8-11,13H,12H2,1-2H3. The summed E-state index contributed by atoms with van der Waals surface area (Å²) in [4.78, 5) is 0. The summed E-state index contributed by atoms with van der Waals surface area (Å²) in [5, 5.41) is 0. The van der Waals surface area contributed by atoms with Crippen LogP contribution in [0.2, 0.25) is 0 Å². The Kier molecular flexibility index (Phi) is 3.81. The summed E-state index contributed by atoms with van der Waals surface area (Å²) in [7, 11) is 0. The molecule has 0 aromatic heterocycles. The molecule has 2 aromatic rings. The van der Waals surface area contributed by atoms with E-state index < -0.39 is 0 Å². The predicted octanol–water partition coefficient (Wildman–Crippen LogP) is 3.86. The molecule has 0 fully saturated rings. The third-order valence-corrected chi connectivity index (χ3v) is 2.46. The van der Waals surface area contributed by atoms with E-state index in [0.29, 0.717) is 0 Å². The summed E-state index contributed by atoms with van der Waals surface area (Å²) in [6.07, 6.45) is 1.14. The number of rotatable bonds is 4. The Morgan fingerprint density at radius 3 is 2.41 bits per heavy atom. The van der Waals surface area contributed by atoms with Gasteiger partial charge >= 0.3 is 0 Å². The monoisotopic (exact) mass is 225 g/mol. The van der Waals surface area contributed by atoms with Gasteiger partial charge in [0, 0.05) is 0 Å². The largest absolute Gasteiger partial charge is 0.491 e. The Balaban J connectivity index is 2.03. The van der Waals surface area contributed by atoms with Crippen molar-refractivity contribution in [2.75, 3.05) is 0 Å². The fourth-order valence-corrected chi connectivity index (χ4v) is 1.72. The van der Waals surface area contributed by atoms with E-state index in [1.165, 1.54) is 11.1 Å². The molecule has 1 heteroatoms. The van der Waals surface area contributed by atoms with Gasteiger partial charge in [-0.05, 0) is 49.6 Å². The quantitative estimate of drug-likeness (QED) is 0.767. The van der Waals surface area contributed by atoms with E-state index in [-0.39, 0.29) is 6.10 Å². The van der Waals surface area contributed by atoms with Gasteiger partial charge in [-0.15, -0.1) is 0 Å². The molecule has 2 aromatic carbocycles. The van der Waals surface area contributed by atoms with Gasteiger partial charge in [-0.3, -0.25) is 0 Å². The first-order valence-corrected chi connectivity index (χ1v) is 5.95. The first kappa shape index (κ1) is 11.7. The molecule has 17 heavy (non-hydrogen) atoms. The molecule has 0 saturated heterocycles. The highest BCUT2D eigenvalue weighted by atomic mass is 16.5. The van der Waals surface area contributed by atoms with Gasteiger partial charge < -0.3 is 4.74 Å². The molecular formula is C16H17O. The van der Waals surface area contributed by atoms with E-state index >= 15 is 0 Å². The lowest BCUT2D eigenvalue weighted by Gasteiger charge is -2.10. The van der Waals surface area contributed by atoms with Crippen LogP contribution in [0.25, 0.3) is 0 Å². The fraction of sp³-hybridized carbons (Fsp3) is 0.250. The first-order chi connectivity index (χ1) is 8.24. The van der Waals surface area contributed by atoms with Crippen LogP contribution in [0.5, 0.6) is 5.75 Å². The lowest BCUT2D eigenvalue weighted by molar-refractivity contribution is 0.242. The van der Waals surface area contributed by atoms with Crippen molar-refractivity contribution in [3.05, 3.63) is 65.7 Å². The van der Waals surface area contributed by atoms with Gasteiger partial charge in [-0.2, -0.15) is 0 Å². The predicted molar refractivity (Wildman–Crippen MR) is 70.3 cm³/mol. The second kappa shape index (κ2) is 5.53. The molecule has 0 amide bonds. The number of hydrogen-bond donors (Lipinski definition) is 0. The van der Waals surface area contributed by atoms with Crippen LogP contribution in [0.3, 0.4) is 0 Å². The molecule has 0 spiro atoms. The van der Waals surface area contributed by atoms with E-state index in [9.17, 15) is 0 Å². The van der Waals surface area contributed by atoms with Crippen LogP contribution in [0.15, 0.2) is 48.5 Å². The lowest BCUT2D eigenvalue weighted by atomic mass is 10.1. The number of hydrogen-bond acceptors (Lipinski definition) is 1. The minimum absolute atomic E-state index is 0.225. The van der Waals surface area contributed by atoms with Crippen molar-refractivity contribution in [3.8, 4) is 5.75 Å². The molecule has 87 valence electrons. The number of ether oxygens (including phenoxy) is 1. The molecule has 1 radical (unpaired) electrons. The molecule has 0 N–H and O–H groups in total. The van der Waals surface area contributed by atoms with Gasteiger partial charge in [-0.25, -0.2) is 0 Å². The van der Waals surface area contributed by atoms with Crippen LogP contribution in [0, 0.1) is 6.07 Å². The highest BCUT2D eigenvalue weighted by Crippen LogP contribution is 2.16. The van der Waals surface area contributed by atoms with Crippen LogP contribution in [0.4, 0.5) is 0 Å². The van der Waals surface area contributed by atoms with E-state index in [2.05, 4.69) is 24.3 Å². The molecule has 0 aliphatic heterocycles. The van der Waals surface area contributed by atoms with Gasteiger partial charge in [0.2, 0.25) is 0 Å². The smallest absolute Gasteiger partial charge is 0.119 e. The highest BCUT2D eigenvalue weighted by molar-refractivity contribution is 5.31. The van der Waals surface area contributed by atoms with Crippen molar-refractivity contribution in [1.82, 2.24) is 0 Å². The van der Waals surface area contributed by atoms with E-state index in [1.807, 2.05) is 44.2 Å². The van der Waals surface area contributed by atoms with Gasteiger partial charge in [0.05, 0.1) is 6.10 Å². The molecule has 0 aliphatic carbocycles. The van der Waals surface area contributed by atoms with Gasteiger partial charge in [-0.1, -0.05) is 36.4 Å². The van der Waals surface area contributed by atoms with E-state index in [4.69, 9.17) is 4.74 Å². The molecule has 2 rings (SSSR count). The summed E-state index contributed by atoms with van der Waals surface area (Å²) < 4.78 is 5.61. The summed E-state index contributed by atoms with van der Waals surface area (Å²) >= 11 is 0. The number of benzene rings is 2. The average Bonchev–Trinajstić information content (AvgIpc) is 2.32. The van der Waals surface area contributed by atoms with Crippen LogP contribution in [-0.2, 0) is 6.42 Å². The zero-order valence-electron chi connectivity index (χ0n) is 10.3. The van der Waals surface area contributed by atoms with Crippen LogP contribution >= 0.6 is 0 Å². The Morgan fingerprint density at radius 2 is 1.82 bits per heavy atom. The van der Waals surface area contributed by atoms with Crippen LogP contribution in [-0.4, -0.2) is 6.10 Å². The second-order valence-electron chi connectivity index (χ2n) is 4.38. The zero-order chi connectivity index (χ0) is 12.1. The molecule has 0 unspecified atom stereocenters. The maximum absolute atomic E-state index is 5.61. The van der Waals surface area contributed by atoms with Crippen molar-refractivity contribution in [3.63, 3.8) is 0 Å². The summed E-state index contributed by atoms with van der Waals surface area (Å²) in [6.45, 7) is 4.07. The summed E-state index contributed by atoms with van der Waals surface area (Å²) in [5.74, 6) is 0.931. The summed E-state index contributed by atoms with van der Waals surface area (Å²) in [6, 6.07) is 19.6. The molecule has 0 aliphatic rings. The van der Waals surface area contributed by atoms with Crippen molar-refractivity contribution in [2.45, 2.75) is 26.4 Å². The Morgan fingerprint density at radius 1 is 1.06 bits per heavy atom. The SMILES string of the molecule is CC(C)Oc1ccc(Cc2[c]cccc2)cc1. The molecule has 0 saturated carbocycles. The van der Waals surface area contributed by atoms with Crippen molar-refractivity contribution < 1.29 is 4.74 Å². The van der Waals surface area contributed by atoms with Crippen molar-refractivity contribution >= 4 is 0 Å². The van der Waals surface area contributed by atoms with E-state index in [0.717, 1.165) is 12.2 Å². The molecule has 1 nitrogen and oxygen atoms in total. The second-order valence-corrected chi connectivity index (χ2v) is 4.38. The Labute approximate surface area is 103 Å². The minimum atomic E-state index is 0.225. The maximum Gasteiger partial charge on any atom is 0.119 e. The van der Waals surface area contributed by atoms with Crippen LogP contribution < -0.4 is 4.74 Å². The van der Waals surface area contributed by atoms with Gasteiger partial charge in [0.25, 0.3) is 0 Å².